The summed E-state index contributed by atoms with van der Waals surface area (Å²) in [5, 5.41) is 8.75. The number of nitrogens with zero attached hydrogens (tertiary/aromatic N) is 2. The molecule has 3 rings (SSSR count). The van der Waals surface area contributed by atoms with Gasteiger partial charge in [-0.25, -0.2) is 17.9 Å². The number of nitrogens with two attached hydrogens (primary N) is 1. The standard InChI is InChI=1S/C15H12FN3O4S/c1-22-11-4-2-3-9(7-11)14-18-15(23-19-14)10-5-6-13(12(16)8-10)24(17,20)21/h2-8H,1H3,(H2,17,20,21). The number of methoxy groups -OCH3 is 1. The van der Waals surface area contributed by atoms with E-state index >= 15 is 0 Å². The molecule has 0 aliphatic carbocycles. The maximum Gasteiger partial charge on any atom is 0.258 e. The van der Waals surface area contributed by atoms with Crippen molar-refractivity contribution in [2.24, 2.45) is 5.14 Å². The number of aromatic nitrogens is 2. The number of ether oxygens (including phenoxy) is 1. The summed E-state index contributed by atoms with van der Waals surface area (Å²) in [6, 6.07) is 10.4. The summed E-state index contributed by atoms with van der Waals surface area (Å²) in [5.41, 5.74) is 0.896. The highest BCUT2D eigenvalue weighted by Gasteiger charge is 2.17. The van der Waals surface area contributed by atoms with E-state index in [1.54, 1.807) is 24.3 Å². The fourth-order valence-corrected chi connectivity index (χ4v) is 2.67. The number of hydrogen-bond donors (Lipinski definition) is 1. The summed E-state index contributed by atoms with van der Waals surface area (Å²) < 4.78 is 46.6. The Bertz CT molecular complexity index is 1000. The van der Waals surface area contributed by atoms with Crippen LogP contribution in [0.25, 0.3) is 22.8 Å². The molecule has 0 aliphatic rings. The second-order valence-electron chi connectivity index (χ2n) is 4.85. The van der Waals surface area contributed by atoms with Crippen molar-refractivity contribution in [3.63, 3.8) is 0 Å². The Hall–Kier alpha value is -2.78. The van der Waals surface area contributed by atoms with Crippen LogP contribution in [0.3, 0.4) is 0 Å². The van der Waals surface area contributed by atoms with Gasteiger partial charge in [-0.05, 0) is 30.3 Å². The van der Waals surface area contributed by atoms with Crippen molar-refractivity contribution in [3.8, 4) is 28.6 Å². The molecule has 2 aromatic carbocycles. The van der Waals surface area contributed by atoms with Gasteiger partial charge in [0.1, 0.15) is 16.5 Å². The van der Waals surface area contributed by atoms with Gasteiger partial charge in [-0.15, -0.1) is 0 Å². The molecule has 1 aromatic heterocycles. The average molecular weight is 349 g/mol. The Morgan fingerprint density at radius 2 is 1.96 bits per heavy atom. The second-order valence-corrected chi connectivity index (χ2v) is 6.38. The van der Waals surface area contributed by atoms with Gasteiger partial charge in [0, 0.05) is 11.1 Å². The second kappa shape index (κ2) is 6.02. The van der Waals surface area contributed by atoms with E-state index in [9.17, 15) is 12.8 Å². The normalized spacial score (nSPS) is 11.5. The molecule has 24 heavy (non-hydrogen) atoms. The average Bonchev–Trinajstić information content (AvgIpc) is 3.03. The van der Waals surface area contributed by atoms with Crippen molar-refractivity contribution in [2.75, 3.05) is 7.11 Å². The summed E-state index contributed by atoms with van der Waals surface area (Å²) >= 11 is 0. The molecule has 0 fully saturated rings. The third kappa shape index (κ3) is 3.12. The number of sulfonamides is 1. The molecule has 0 radical (unpaired) electrons. The number of hydrogen-bond acceptors (Lipinski definition) is 6. The number of primary sulfonamides is 1. The van der Waals surface area contributed by atoms with E-state index in [0.29, 0.717) is 17.1 Å². The zero-order valence-corrected chi connectivity index (χ0v) is 13.2. The molecule has 3 aromatic rings. The highest BCUT2D eigenvalue weighted by molar-refractivity contribution is 7.89. The molecule has 0 atom stereocenters. The molecule has 0 spiro atoms. The molecular formula is C15H12FN3O4S. The van der Waals surface area contributed by atoms with Crippen molar-refractivity contribution in [1.29, 1.82) is 0 Å². The van der Waals surface area contributed by atoms with E-state index in [0.717, 1.165) is 12.1 Å². The molecule has 1 heterocycles. The zero-order chi connectivity index (χ0) is 17.3. The minimum absolute atomic E-state index is 0.0488. The van der Waals surface area contributed by atoms with Crippen molar-refractivity contribution < 1.29 is 22.1 Å². The highest BCUT2D eigenvalue weighted by Crippen LogP contribution is 2.26. The lowest BCUT2D eigenvalue weighted by Crippen LogP contribution is -2.13. The molecule has 7 nitrogen and oxygen atoms in total. The molecule has 0 saturated carbocycles. The fourth-order valence-electron chi connectivity index (χ4n) is 2.08. The maximum absolute atomic E-state index is 13.9. The van der Waals surface area contributed by atoms with Crippen molar-refractivity contribution >= 4 is 10.0 Å². The first-order valence-electron chi connectivity index (χ1n) is 6.69. The van der Waals surface area contributed by atoms with Crippen LogP contribution in [0, 0.1) is 5.82 Å². The first-order chi connectivity index (χ1) is 11.4. The largest absolute Gasteiger partial charge is 0.497 e. The van der Waals surface area contributed by atoms with Crippen LogP contribution in [-0.2, 0) is 10.0 Å². The van der Waals surface area contributed by atoms with Crippen LogP contribution in [-0.4, -0.2) is 25.7 Å². The first kappa shape index (κ1) is 16.1. The Balaban J connectivity index is 1.97. The van der Waals surface area contributed by atoms with Gasteiger partial charge in [-0.2, -0.15) is 4.98 Å². The molecule has 0 unspecified atom stereocenters. The molecule has 0 aliphatic heterocycles. The van der Waals surface area contributed by atoms with Crippen LogP contribution < -0.4 is 9.88 Å². The van der Waals surface area contributed by atoms with Gasteiger partial charge in [-0.1, -0.05) is 17.3 Å². The smallest absolute Gasteiger partial charge is 0.258 e. The van der Waals surface area contributed by atoms with Gasteiger partial charge in [-0.3, -0.25) is 0 Å². The van der Waals surface area contributed by atoms with Crippen LogP contribution >= 0.6 is 0 Å². The molecule has 124 valence electrons. The van der Waals surface area contributed by atoms with Crippen LogP contribution in [0.4, 0.5) is 4.39 Å². The Morgan fingerprint density at radius 1 is 1.17 bits per heavy atom. The fraction of sp³-hybridized carbons (Fsp3) is 0.0667. The SMILES string of the molecule is COc1cccc(-c2noc(-c3ccc(S(N)(=O)=O)c(F)c3)n2)c1. The molecule has 2 N–H and O–H groups in total. The summed E-state index contributed by atoms with van der Waals surface area (Å²) in [5.74, 6) is -0.0222. The maximum atomic E-state index is 13.9. The van der Waals surface area contributed by atoms with E-state index in [2.05, 4.69) is 10.1 Å². The van der Waals surface area contributed by atoms with Crippen LogP contribution in [0.15, 0.2) is 51.9 Å². The lowest BCUT2D eigenvalue weighted by atomic mass is 10.2. The topological polar surface area (TPSA) is 108 Å². The highest BCUT2D eigenvalue weighted by atomic mass is 32.2. The van der Waals surface area contributed by atoms with Gasteiger partial charge in [0.05, 0.1) is 7.11 Å². The van der Waals surface area contributed by atoms with E-state index in [1.165, 1.54) is 13.2 Å². The Labute approximate surface area is 136 Å². The molecule has 0 saturated heterocycles. The minimum atomic E-state index is -4.13. The van der Waals surface area contributed by atoms with Gasteiger partial charge in [0.25, 0.3) is 5.89 Å². The number of benzene rings is 2. The molecule has 0 bridgehead atoms. The third-order valence-corrected chi connectivity index (χ3v) is 4.18. The van der Waals surface area contributed by atoms with E-state index < -0.39 is 20.7 Å². The summed E-state index contributed by atoms with van der Waals surface area (Å²) in [4.78, 5) is 3.58. The molecule has 9 heteroatoms. The van der Waals surface area contributed by atoms with Crippen molar-refractivity contribution in [2.45, 2.75) is 4.90 Å². The van der Waals surface area contributed by atoms with Crippen LogP contribution in [0.1, 0.15) is 0 Å². The number of halogens is 1. The van der Waals surface area contributed by atoms with Crippen molar-refractivity contribution in [3.05, 3.63) is 48.3 Å². The van der Waals surface area contributed by atoms with E-state index in [1.807, 2.05) is 0 Å². The Morgan fingerprint density at radius 3 is 2.62 bits per heavy atom. The van der Waals surface area contributed by atoms with E-state index in [4.69, 9.17) is 14.4 Å². The van der Waals surface area contributed by atoms with Gasteiger partial charge in [0.15, 0.2) is 0 Å². The minimum Gasteiger partial charge on any atom is -0.497 e. The monoisotopic (exact) mass is 349 g/mol. The lowest BCUT2D eigenvalue weighted by Gasteiger charge is -2.01. The van der Waals surface area contributed by atoms with Crippen LogP contribution in [0.2, 0.25) is 0 Å². The van der Waals surface area contributed by atoms with E-state index in [-0.39, 0.29) is 11.5 Å². The Kier molecular flexibility index (Phi) is 4.04. The summed E-state index contributed by atoms with van der Waals surface area (Å²) in [6.07, 6.45) is 0. The lowest BCUT2D eigenvalue weighted by molar-refractivity contribution is 0.414. The third-order valence-electron chi connectivity index (χ3n) is 3.24. The molecule has 0 amide bonds. The van der Waals surface area contributed by atoms with Gasteiger partial charge < -0.3 is 9.26 Å². The zero-order valence-electron chi connectivity index (χ0n) is 12.4. The van der Waals surface area contributed by atoms with Crippen molar-refractivity contribution in [1.82, 2.24) is 10.1 Å². The summed E-state index contributed by atoms with van der Waals surface area (Å²) in [7, 11) is -2.60. The predicted octanol–water partition coefficient (Wildman–Crippen LogP) is 2.20. The molecular weight excluding hydrogens is 337 g/mol. The first-order valence-corrected chi connectivity index (χ1v) is 8.24. The van der Waals surface area contributed by atoms with Gasteiger partial charge >= 0.3 is 0 Å². The predicted molar refractivity (Wildman–Crippen MR) is 83.1 cm³/mol. The quantitative estimate of drug-likeness (QED) is 0.773. The van der Waals surface area contributed by atoms with Crippen LogP contribution in [0.5, 0.6) is 5.75 Å². The van der Waals surface area contributed by atoms with Gasteiger partial charge in [0.2, 0.25) is 15.8 Å². The number of rotatable bonds is 4. The summed E-state index contributed by atoms with van der Waals surface area (Å²) in [6.45, 7) is 0.